The first-order chi connectivity index (χ1) is 9.13. The number of aromatic nitrogens is 1. The van der Waals surface area contributed by atoms with Crippen molar-refractivity contribution >= 4 is 11.7 Å². The molecule has 5 heteroatoms. The lowest BCUT2D eigenvalue weighted by molar-refractivity contribution is 0.318. The van der Waals surface area contributed by atoms with Crippen molar-refractivity contribution in [3.63, 3.8) is 0 Å². The van der Waals surface area contributed by atoms with Crippen LogP contribution in [0.15, 0.2) is 17.4 Å². The molecule has 1 atom stereocenters. The van der Waals surface area contributed by atoms with E-state index in [-0.39, 0.29) is 5.84 Å². The van der Waals surface area contributed by atoms with E-state index in [1.807, 2.05) is 13.0 Å². The van der Waals surface area contributed by atoms with Gasteiger partial charge in [-0.2, -0.15) is 0 Å². The molecule has 1 aromatic rings. The molecule has 0 radical (unpaired) electrons. The summed E-state index contributed by atoms with van der Waals surface area (Å²) in [5.41, 5.74) is 7.54. The number of hydrogen-bond donors (Lipinski definition) is 2. The molecule has 0 amide bonds. The van der Waals surface area contributed by atoms with E-state index in [2.05, 4.69) is 22.0 Å². The summed E-state index contributed by atoms with van der Waals surface area (Å²) in [6.07, 6.45) is 5.35. The van der Waals surface area contributed by atoms with Crippen molar-refractivity contribution in [3.8, 4) is 0 Å². The highest BCUT2D eigenvalue weighted by Gasteiger charge is 2.20. The minimum atomic E-state index is 0.137. The van der Waals surface area contributed by atoms with Gasteiger partial charge in [-0.15, -0.1) is 0 Å². The Hall–Kier alpha value is -1.78. The Morgan fingerprint density at radius 1 is 1.47 bits per heavy atom. The minimum Gasteiger partial charge on any atom is -0.409 e. The summed E-state index contributed by atoms with van der Waals surface area (Å²) in [6, 6.07) is 1.89. The van der Waals surface area contributed by atoms with E-state index >= 15 is 0 Å². The lowest BCUT2D eigenvalue weighted by Gasteiger charge is -2.24. The Kier molecular flexibility index (Phi) is 4.24. The predicted molar refractivity (Wildman–Crippen MR) is 76.7 cm³/mol. The molecule has 19 heavy (non-hydrogen) atoms. The van der Waals surface area contributed by atoms with E-state index in [0.29, 0.717) is 0 Å². The van der Waals surface area contributed by atoms with Crippen LogP contribution in [-0.2, 0) is 0 Å². The average Bonchev–Trinajstić information content (AvgIpc) is 2.62. The molecule has 0 aromatic carbocycles. The molecular formula is C14H22N4O. The van der Waals surface area contributed by atoms with Gasteiger partial charge in [-0.25, -0.2) is 4.98 Å². The molecule has 1 aliphatic heterocycles. The molecule has 2 rings (SSSR count). The molecule has 0 saturated carbocycles. The van der Waals surface area contributed by atoms with Gasteiger partial charge in [0.1, 0.15) is 5.82 Å². The number of rotatable bonds is 2. The second-order valence-corrected chi connectivity index (χ2v) is 5.33. The van der Waals surface area contributed by atoms with Crippen molar-refractivity contribution in [2.75, 3.05) is 18.0 Å². The molecule has 3 N–H and O–H groups in total. The number of oxime groups is 1. The first kappa shape index (κ1) is 13.6. The molecule has 1 fully saturated rings. The average molecular weight is 262 g/mol. The fourth-order valence-corrected chi connectivity index (χ4v) is 2.63. The van der Waals surface area contributed by atoms with Crippen molar-refractivity contribution < 1.29 is 5.21 Å². The number of pyridine rings is 1. The van der Waals surface area contributed by atoms with Gasteiger partial charge in [0.05, 0.1) is 5.56 Å². The second-order valence-electron chi connectivity index (χ2n) is 5.33. The third kappa shape index (κ3) is 2.97. The van der Waals surface area contributed by atoms with Crippen LogP contribution in [0.2, 0.25) is 0 Å². The van der Waals surface area contributed by atoms with Crippen molar-refractivity contribution in [1.29, 1.82) is 0 Å². The normalized spacial score (nSPS) is 21.3. The maximum atomic E-state index is 8.95. The zero-order valence-corrected chi connectivity index (χ0v) is 11.6. The summed E-state index contributed by atoms with van der Waals surface area (Å²) >= 11 is 0. The number of amidine groups is 1. The molecule has 1 aliphatic rings. The Morgan fingerprint density at radius 2 is 2.26 bits per heavy atom. The lowest BCUT2D eigenvalue weighted by Crippen LogP contribution is -2.29. The molecule has 5 nitrogen and oxygen atoms in total. The van der Waals surface area contributed by atoms with Crippen LogP contribution in [0.1, 0.15) is 37.3 Å². The van der Waals surface area contributed by atoms with Gasteiger partial charge in [0.25, 0.3) is 0 Å². The van der Waals surface area contributed by atoms with Gasteiger partial charge in [-0.1, -0.05) is 12.1 Å². The fourth-order valence-electron chi connectivity index (χ4n) is 2.63. The first-order valence-corrected chi connectivity index (χ1v) is 6.82. The van der Waals surface area contributed by atoms with Crippen LogP contribution < -0.4 is 10.6 Å². The van der Waals surface area contributed by atoms with E-state index < -0.39 is 0 Å². The predicted octanol–water partition coefficient (Wildman–Crippen LogP) is 2.11. The van der Waals surface area contributed by atoms with E-state index in [0.717, 1.165) is 48.8 Å². The largest absolute Gasteiger partial charge is 0.409 e. The Morgan fingerprint density at radius 3 is 3.00 bits per heavy atom. The quantitative estimate of drug-likeness (QED) is 0.370. The minimum absolute atomic E-state index is 0.137. The van der Waals surface area contributed by atoms with Gasteiger partial charge in [0, 0.05) is 19.3 Å². The molecule has 1 saturated heterocycles. The molecule has 0 aliphatic carbocycles. The van der Waals surface area contributed by atoms with Gasteiger partial charge >= 0.3 is 0 Å². The third-order valence-corrected chi connectivity index (χ3v) is 3.82. The van der Waals surface area contributed by atoms with Crippen molar-refractivity contribution in [1.82, 2.24) is 4.98 Å². The summed E-state index contributed by atoms with van der Waals surface area (Å²) < 4.78 is 0. The highest BCUT2D eigenvalue weighted by molar-refractivity contribution is 6.02. The number of nitrogens with two attached hydrogens (primary N) is 1. The monoisotopic (exact) mass is 262 g/mol. The smallest absolute Gasteiger partial charge is 0.174 e. The van der Waals surface area contributed by atoms with Crippen LogP contribution in [0.4, 0.5) is 5.82 Å². The van der Waals surface area contributed by atoms with Gasteiger partial charge in [-0.3, -0.25) is 0 Å². The second kappa shape index (κ2) is 5.91. The summed E-state index contributed by atoms with van der Waals surface area (Å²) in [6.45, 7) is 6.20. The van der Waals surface area contributed by atoms with Crippen LogP contribution in [0.3, 0.4) is 0 Å². The Balaban J connectivity index is 2.36. The van der Waals surface area contributed by atoms with Crippen LogP contribution in [0.5, 0.6) is 0 Å². The third-order valence-electron chi connectivity index (χ3n) is 3.82. The van der Waals surface area contributed by atoms with Crippen molar-refractivity contribution in [2.45, 2.75) is 33.1 Å². The lowest BCUT2D eigenvalue weighted by atomic mass is 10.0. The molecule has 2 heterocycles. The SMILES string of the molecule is Cc1ccnc(N2CCCC(C)CC2)c1/C(N)=N/O. The molecule has 1 aromatic heterocycles. The van der Waals surface area contributed by atoms with Crippen LogP contribution >= 0.6 is 0 Å². The topological polar surface area (TPSA) is 74.7 Å². The molecule has 0 bridgehead atoms. The van der Waals surface area contributed by atoms with Crippen molar-refractivity contribution in [2.24, 2.45) is 16.8 Å². The summed E-state index contributed by atoms with van der Waals surface area (Å²) in [5.74, 6) is 1.73. The number of anilines is 1. The van der Waals surface area contributed by atoms with Gasteiger partial charge in [0.15, 0.2) is 5.84 Å². The maximum absolute atomic E-state index is 8.95. The fraction of sp³-hybridized carbons (Fsp3) is 0.571. The zero-order chi connectivity index (χ0) is 13.8. The number of hydrogen-bond acceptors (Lipinski definition) is 4. The van der Waals surface area contributed by atoms with Gasteiger partial charge in [-0.05, 0) is 43.7 Å². The summed E-state index contributed by atoms with van der Waals surface area (Å²) in [4.78, 5) is 6.71. The molecular weight excluding hydrogens is 240 g/mol. The van der Waals surface area contributed by atoms with Crippen LogP contribution in [0.25, 0.3) is 0 Å². The van der Waals surface area contributed by atoms with E-state index in [1.165, 1.54) is 6.42 Å². The van der Waals surface area contributed by atoms with E-state index in [1.54, 1.807) is 6.20 Å². The first-order valence-electron chi connectivity index (χ1n) is 6.82. The van der Waals surface area contributed by atoms with Crippen LogP contribution in [0, 0.1) is 12.8 Å². The Labute approximate surface area is 114 Å². The highest BCUT2D eigenvalue weighted by atomic mass is 16.4. The molecule has 1 unspecified atom stereocenters. The highest BCUT2D eigenvalue weighted by Crippen LogP contribution is 2.25. The number of aryl methyl sites for hydroxylation is 1. The molecule has 104 valence electrons. The number of nitrogens with zero attached hydrogens (tertiary/aromatic N) is 3. The van der Waals surface area contributed by atoms with E-state index in [9.17, 15) is 0 Å². The van der Waals surface area contributed by atoms with Gasteiger partial charge < -0.3 is 15.8 Å². The zero-order valence-electron chi connectivity index (χ0n) is 11.6. The van der Waals surface area contributed by atoms with Gasteiger partial charge in [0.2, 0.25) is 0 Å². The summed E-state index contributed by atoms with van der Waals surface area (Å²) in [7, 11) is 0. The molecule has 0 spiro atoms. The van der Waals surface area contributed by atoms with Crippen molar-refractivity contribution in [3.05, 3.63) is 23.4 Å². The standard InChI is InChI=1S/C14H22N4O/c1-10-4-3-8-18(9-6-10)14-12(13(15)17-19)11(2)5-7-16-14/h5,7,10,19H,3-4,6,8-9H2,1-2H3,(H2,15,17). The van der Waals surface area contributed by atoms with Crippen LogP contribution in [-0.4, -0.2) is 29.1 Å². The maximum Gasteiger partial charge on any atom is 0.174 e. The van der Waals surface area contributed by atoms with E-state index in [4.69, 9.17) is 10.9 Å². The summed E-state index contributed by atoms with van der Waals surface area (Å²) in [5, 5.41) is 12.1. The Bertz CT molecular complexity index is 473.